The first-order valence-electron chi connectivity index (χ1n) is 10.4. The highest BCUT2D eigenvalue weighted by molar-refractivity contribution is 6.99. The van der Waals surface area contributed by atoms with Gasteiger partial charge in [-0.25, -0.2) is 4.79 Å². The van der Waals surface area contributed by atoms with E-state index in [-0.39, 0.29) is 17.6 Å². The molecule has 5 nitrogen and oxygen atoms in total. The molecule has 2 aromatic carbocycles. The van der Waals surface area contributed by atoms with Crippen LogP contribution in [0.1, 0.15) is 34.1 Å². The Hall–Kier alpha value is -2.44. The molecule has 2 aromatic rings. The highest BCUT2D eigenvalue weighted by Crippen LogP contribution is 2.37. The quantitative estimate of drug-likeness (QED) is 0.480. The molecule has 0 spiro atoms. The average molecular weight is 427 g/mol. The minimum atomic E-state index is -2.66. The Morgan fingerprint density at radius 2 is 1.53 bits per heavy atom. The van der Waals surface area contributed by atoms with Crippen molar-refractivity contribution in [1.29, 1.82) is 0 Å². The zero-order valence-electron chi connectivity index (χ0n) is 18.1. The fourth-order valence-electron chi connectivity index (χ4n) is 4.15. The Labute approximate surface area is 179 Å². The second kappa shape index (κ2) is 9.14. The summed E-state index contributed by atoms with van der Waals surface area (Å²) < 4.78 is 16.8. The van der Waals surface area contributed by atoms with Crippen LogP contribution in [0.3, 0.4) is 0 Å². The first kappa shape index (κ1) is 22.2. The summed E-state index contributed by atoms with van der Waals surface area (Å²) in [6.45, 7) is 8.98. The van der Waals surface area contributed by atoms with Crippen molar-refractivity contribution >= 4 is 30.6 Å². The molecular weight excluding hydrogens is 396 g/mol. The average Bonchev–Trinajstić information content (AvgIpc) is 2.72. The van der Waals surface area contributed by atoms with E-state index in [4.69, 9.17) is 13.9 Å². The number of hydrogen-bond donors (Lipinski definition) is 0. The standard InChI is InChI=1S/C24H30O5Si/c1-5-27-23(26)21-20(22(25)29-21)16-17-28-30(24(2,3)4,18-12-8-6-9-13-18)19-14-10-7-11-15-19/h6-15,20-21H,5,16-17H2,1-4H3/t20-,21-/m0/s1. The summed E-state index contributed by atoms with van der Waals surface area (Å²) in [5, 5.41) is 2.22. The van der Waals surface area contributed by atoms with E-state index >= 15 is 0 Å². The molecule has 30 heavy (non-hydrogen) atoms. The molecule has 0 bridgehead atoms. The van der Waals surface area contributed by atoms with Crippen molar-refractivity contribution in [2.75, 3.05) is 13.2 Å². The Balaban J connectivity index is 1.87. The molecule has 3 rings (SSSR count). The first-order valence-corrected chi connectivity index (χ1v) is 12.3. The number of carbonyl (C=O) groups is 2. The number of ether oxygens (including phenoxy) is 2. The summed E-state index contributed by atoms with van der Waals surface area (Å²) >= 11 is 0. The molecule has 2 atom stereocenters. The molecule has 0 radical (unpaired) electrons. The van der Waals surface area contributed by atoms with Crippen LogP contribution >= 0.6 is 0 Å². The van der Waals surface area contributed by atoms with E-state index in [1.165, 1.54) is 10.4 Å². The van der Waals surface area contributed by atoms with Crippen LogP contribution in [0.25, 0.3) is 0 Å². The van der Waals surface area contributed by atoms with Crippen LogP contribution in [-0.2, 0) is 23.5 Å². The zero-order valence-corrected chi connectivity index (χ0v) is 19.1. The minimum Gasteiger partial charge on any atom is -0.463 e. The highest BCUT2D eigenvalue weighted by Gasteiger charge is 2.52. The third-order valence-corrected chi connectivity index (χ3v) is 10.6. The molecule has 0 unspecified atom stereocenters. The molecule has 0 aromatic heterocycles. The van der Waals surface area contributed by atoms with Gasteiger partial charge in [-0.05, 0) is 28.8 Å². The van der Waals surface area contributed by atoms with E-state index in [2.05, 4.69) is 45.0 Å². The van der Waals surface area contributed by atoms with Gasteiger partial charge in [-0.15, -0.1) is 0 Å². The summed E-state index contributed by atoms with van der Waals surface area (Å²) in [5.74, 6) is -1.35. The maximum absolute atomic E-state index is 12.0. The van der Waals surface area contributed by atoms with Crippen LogP contribution < -0.4 is 10.4 Å². The Morgan fingerprint density at radius 1 is 1.00 bits per heavy atom. The predicted molar refractivity (Wildman–Crippen MR) is 118 cm³/mol. The second-order valence-corrected chi connectivity index (χ2v) is 12.8. The lowest BCUT2D eigenvalue weighted by Crippen LogP contribution is -2.66. The topological polar surface area (TPSA) is 61.8 Å². The van der Waals surface area contributed by atoms with Gasteiger partial charge in [-0.2, -0.15) is 0 Å². The van der Waals surface area contributed by atoms with Crippen molar-refractivity contribution in [2.45, 2.75) is 45.3 Å². The summed E-state index contributed by atoms with van der Waals surface area (Å²) in [6, 6.07) is 20.7. The molecule has 1 heterocycles. The van der Waals surface area contributed by atoms with E-state index in [1.807, 2.05) is 36.4 Å². The van der Waals surface area contributed by atoms with Crippen LogP contribution in [0, 0.1) is 5.92 Å². The number of carbonyl (C=O) groups excluding carboxylic acids is 2. The molecule has 0 saturated carbocycles. The Morgan fingerprint density at radius 3 is 1.97 bits per heavy atom. The van der Waals surface area contributed by atoms with Crippen LogP contribution in [0.5, 0.6) is 0 Å². The largest absolute Gasteiger partial charge is 0.463 e. The molecule has 160 valence electrons. The summed E-state index contributed by atoms with van der Waals surface area (Å²) in [4.78, 5) is 24.0. The molecule has 1 fully saturated rings. The molecule has 0 amide bonds. The molecule has 0 aliphatic carbocycles. The van der Waals surface area contributed by atoms with E-state index in [1.54, 1.807) is 6.92 Å². The first-order chi connectivity index (χ1) is 14.3. The van der Waals surface area contributed by atoms with Crippen LogP contribution in [0.2, 0.25) is 5.04 Å². The Bertz CT molecular complexity index is 821. The summed E-state index contributed by atoms with van der Waals surface area (Å²) in [6.07, 6.45) is -0.396. The summed E-state index contributed by atoms with van der Waals surface area (Å²) in [5.41, 5.74) is 0. The van der Waals surface area contributed by atoms with E-state index in [0.717, 1.165) is 0 Å². The van der Waals surface area contributed by atoms with Crippen molar-refractivity contribution < 1.29 is 23.5 Å². The third kappa shape index (κ3) is 4.20. The van der Waals surface area contributed by atoms with Gasteiger partial charge in [0.1, 0.15) is 5.92 Å². The maximum atomic E-state index is 12.0. The van der Waals surface area contributed by atoms with Crippen LogP contribution in [-0.4, -0.2) is 39.6 Å². The molecule has 1 saturated heterocycles. The number of rotatable bonds is 8. The van der Waals surface area contributed by atoms with Crippen LogP contribution in [0.15, 0.2) is 60.7 Å². The monoisotopic (exact) mass is 426 g/mol. The fraction of sp³-hybridized carbons (Fsp3) is 0.417. The van der Waals surface area contributed by atoms with E-state index in [9.17, 15) is 9.59 Å². The SMILES string of the molecule is CCOC(=O)[C@H]1OC(=O)[C@H]1CCO[Si](c1ccccc1)(c1ccccc1)C(C)(C)C. The lowest BCUT2D eigenvalue weighted by molar-refractivity contribution is -0.199. The highest BCUT2D eigenvalue weighted by atomic mass is 28.4. The lowest BCUT2D eigenvalue weighted by Gasteiger charge is -2.43. The van der Waals surface area contributed by atoms with Crippen molar-refractivity contribution in [3.05, 3.63) is 60.7 Å². The van der Waals surface area contributed by atoms with Crippen molar-refractivity contribution in [3.63, 3.8) is 0 Å². The van der Waals surface area contributed by atoms with Crippen LogP contribution in [0.4, 0.5) is 0 Å². The second-order valence-electron chi connectivity index (χ2n) is 8.52. The summed E-state index contributed by atoms with van der Waals surface area (Å²) in [7, 11) is -2.66. The zero-order chi connectivity index (χ0) is 21.8. The van der Waals surface area contributed by atoms with E-state index in [0.29, 0.717) is 13.0 Å². The number of hydrogen-bond acceptors (Lipinski definition) is 5. The van der Waals surface area contributed by atoms with E-state index < -0.39 is 26.3 Å². The van der Waals surface area contributed by atoms with Gasteiger partial charge < -0.3 is 13.9 Å². The number of cyclic esters (lactones) is 1. The minimum absolute atomic E-state index is 0.142. The molecule has 0 N–H and O–H groups in total. The van der Waals surface area contributed by atoms with Gasteiger partial charge in [0, 0.05) is 6.61 Å². The van der Waals surface area contributed by atoms with Gasteiger partial charge in [0.15, 0.2) is 0 Å². The lowest BCUT2D eigenvalue weighted by atomic mass is 9.94. The van der Waals surface area contributed by atoms with Gasteiger partial charge in [0.05, 0.1) is 6.61 Å². The number of esters is 2. The molecule has 1 aliphatic rings. The fourth-order valence-corrected chi connectivity index (χ4v) is 8.73. The third-order valence-electron chi connectivity index (χ3n) is 5.59. The maximum Gasteiger partial charge on any atom is 0.348 e. The van der Waals surface area contributed by atoms with Crippen molar-refractivity contribution in [2.24, 2.45) is 5.92 Å². The van der Waals surface area contributed by atoms with Gasteiger partial charge in [0.2, 0.25) is 6.10 Å². The molecular formula is C24H30O5Si. The predicted octanol–water partition coefficient (Wildman–Crippen LogP) is 3.06. The number of benzene rings is 2. The molecule has 6 heteroatoms. The van der Waals surface area contributed by atoms with Gasteiger partial charge in [-0.3, -0.25) is 4.79 Å². The van der Waals surface area contributed by atoms with Gasteiger partial charge in [-0.1, -0.05) is 81.4 Å². The normalized spacial score (nSPS) is 19.0. The molecule has 1 aliphatic heterocycles. The van der Waals surface area contributed by atoms with Gasteiger partial charge in [0.25, 0.3) is 8.32 Å². The smallest absolute Gasteiger partial charge is 0.348 e. The van der Waals surface area contributed by atoms with Gasteiger partial charge >= 0.3 is 11.9 Å². The van der Waals surface area contributed by atoms with Crippen molar-refractivity contribution in [3.8, 4) is 0 Å². The Kier molecular flexibility index (Phi) is 6.78. The van der Waals surface area contributed by atoms with Crippen molar-refractivity contribution in [1.82, 2.24) is 0 Å².